The summed E-state index contributed by atoms with van der Waals surface area (Å²) < 4.78 is 5.20. The van der Waals surface area contributed by atoms with Gasteiger partial charge in [-0.15, -0.1) is 0 Å². The number of carbonyl (C=O) groups is 2. The molecule has 2 saturated heterocycles. The number of nitrogens with one attached hydrogen (secondary N) is 1. The van der Waals surface area contributed by atoms with Crippen molar-refractivity contribution in [3.63, 3.8) is 0 Å². The van der Waals surface area contributed by atoms with Crippen LogP contribution in [0.5, 0.6) is 0 Å². The molecule has 2 amide bonds. The molecule has 1 aromatic rings. The number of urea groups is 1. The van der Waals surface area contributed by atoms with Gasteiger partial charge in [-0.25, -0.2) is 9.59 Å². The van der Waals surface area contributed by atoms with E-state index in [9.17, 15) is 9.59 Å². The van der Waals surface area contributed by atoms with Gasteiger partial charge >= 0.3 is 12.0 Å². The third kappa shape index (κ3) is 3.47. The van der Waals surface area contributed by atoms with Crippen molar-refractivity contribution < 1.29 is 14.3 Å². The maximum Gasteiger partial charge on any atom is 0.329 e. The number of rotatable bonds is 3. The standard InChI is InChI=1S/C17H20Cl2N2O3/c1-2-24-16(22)15-10-3-5-14(6-4-10)21(15)17(23)20-13-8-11(18)7-12(19)9-13/h7-10,14-15H,2-6H2,1H3,(H,20,23). The summed E-state index contributed by atoms with van der Waals surface area (Å²) in [6, 6.07) is 4.12. The molecule has 24 heavy (non-hydrogen) atoms. The van der Waals surface area contributed by atoms with Crippen LogP contribution >= 0.6 is 23.2 Å². The Bertz CT molecular complexity index is 624. The molecule has 4 rings (SSSR count). The fraction of sp³-hybridized carbons (Fsp3) is 0.529. The first-order chi connectivity index (χ1) is 11.5. The van der Waals surface area contributed by atoms with E-state index in [1.165, 1.54) is 0 Å². The first-order valence-corrected chi connectivity index (χ1v) is 8.97. The van der Waals surface area contributed by atoms with Gasteiger partial charge in [0.25, 0.3) is 0 Å². The highest BCUT2D eigenvalue weighted by atomic mass is 35.5. The van der Waals surface area contributed by atoms with Crippen LogP contribution in [0.2, 0.25) is 10.0 Å². The molecule has 1 N–H and O–H groups in total. The van der Waals surface area contributed by atoms with Crippen LogP contribution in [0.1, 0.15) is 32.6 Å². The zero-order valence-electron chi connectivity index (χ0n) is 13.4. The third-order valence-electron chi connectivity index (χ3n) is 4.76. The van der Waals surface area contributed by atoms with Crippen molar-refractivity contribution in [2.75, 3.05) is 11.9 Å². The first kappa shape index (κ1) is 17.4. The number of halogens is 2. The van der Waals surface area contributed by atoms with Crippen LogP contribution in [0.3, 0.4) is 0 Å². The van der Waals surface area contributed by atoms with Crippen molar-refractivity contribution in [3.8, 4) is 0 Å². The summed E-state index contributed by atoms with van der Waals surface area (Å²) in [7, 11) is 0. The Morgan fingerprint density at radius 3 is 2.38 bits per heavy atom. The number of nitrogens with zero attached hydrogens (tertiary/aromatic N) is 1. The molecule has 1 aromatic carbocycles. The van der Waals surface area contributed by atoms with Crippen LogP contribution in [0, 0.1) is 5.92 Å². The second-order valence-corrected chi connectivity index (χ2v) is 7.13. The second kappa shape index (κ2) is 7.19. The van der Waals surface area contributed by atoms with Gasteiger partial charge in [-0.05, 0) is 56.7 Å². The number of hydrogen-bond acceptors (Lipinski definition) is 3. The Morgan fingerprint density at radius 2 is 1.79 bits per heavy atom. The number of piperidine rings is 2. The van der Waals surface area contributed by atoms with Gasteiger partial charge in [0.2, 0.25) is 0 Å². The number of anilines is 1. The molecular weight excluding hydrogens is 351 g/mol. The van der Waals surface area contributed by atoms with Crippen LogP contribution in [-0.4, -0.2) is 35.6 Å². The minimum atomic E-state index is -0.507. The van der Waals surface area contributed by atoms with Gasteiger partial charge < -0.3 is 15.0 Å². The molecule has 2 heterocycles. The summed E-state index contributed by atoms with van der Waals surface area (Å²) in [6.45, 7) is 2.09. The summed E-state index contributed by atoms with van der Waals surface area (Å²) in [6.07, 6.45) is 3.76. The van der Waals surface area contributed by atoms with E-state index in [-0.39, 0.29) is 24.0 Å². The smallest absolute Gasteiger partial charge is 0.329 e. The largest absolute Gasteiger partial charge is 0.464 e. The summed E-state index contributed by atoms with van der Waals surface area (Å²) >= 11 is 12.0. The molecule has 1 atom stereocenters. The quantitative estimate of drug-likeness (QED) is 0.805. The monoisotopic (exact) mass is 370 g/mol. The number of carbonyl (C=O) groups excluding carboxylic acids is 2. The molecule has 3 aliphatic rings. The van der Waals surface area contributed by atoms with Crippen molar-refractivity contribution in [2.45, 2.75) is 44.7 Å². The fourth-order valence-corrected chi connectivity index (χ4v) is 4.32. The van der Waals surface area contributed by atoms with Gasteiger partial charge in [0.1, 0.15) is 6.04 Å². The Kier molecular flexibility index (Phi) is 5.21. The normalized spacial score (nSPS) is 25.5. The number of amides is 2. The Hall–Kier alpha value is -1.46. The molecule has 1 saturated carbocycles. The summed E-state index contributed by atoms with van der Waals surface area (Å²) in [5, 5.41) is 3.70. The van der Waals surface area contributed by atoms with Gasteiger partial charge in [0.15, 0.2) is 0 Å². The van der Waals surface area contributed by atoms with Crippen molar-refractivity contribution in [1.29, 1.82) is 0 Å². The van der Waals surface area contributed by atoms with E-state index in [0.29, 0.717) is 22.3 Å². The Morgan fingerprint density at radius 1 is 1.17 bits per heavy atom. The Balaban J connectivity index is 1.81. The number of hydrogen-bond donors (Lipinski definition) is 1. The van der Waals surface area contributed by atoms with Gasteiger partial charge in [0.05, 0.1) is 6.61 Å². The zero-order chi connectivity index (χ0) is 17.3. The summed E-state index contributed by atoms with van der Waals surface area (Å²) in [5.74, 6) is -0.145. The number of ether oxygens (including phenoxy) is 1. The van der Waals surface area contributed by atoms with E-state index in [4.69, 9.17) is 27.9 Å². The molecule has 2 aliphatic heterocycles. The second-order valence-electron chi connectivity index (χ2n) is 6.26. The highest BCUT2D eigenvalue weighted by molar-refractivity contribution is 6.35. The van der Waals surface area contributed by atoms with Crippen LogP contribution in [0.25, 0.3) is 0 Å². The minimum absolute atomic E-state index is 0.0686. The van der Waals surface area contributed by atoms with Crippen molar-refractivity contribution in [3.05, 3.63) is 28.2 Å². The van der Waals surface area contributed by atoms with Crippen LogP contribution in [0.4, 0.5) is 10.5 Å². The molecule has 0 aromatic heterocycles. The highest BCUT2D eigenvalue weighted by Gasteiger charge is 2.48. The van der Waals surface area contributed by atoms with Crippen molar-refractivity contribution in [1.82, 2.24) is 4.90 Å². The Labute approximate surface area is 151 Å². The van der Waals surface area contributed by atoms with E-state index in [1.54, 1.807) is 30.0 Å². The topological polar surface area (TPSA) is 58.6 Å². The van der Waals surface area contributed by atoms with E-state index < -0.39 is 6.04 Å². The zero-order valence-corrected chi connectivity index (χ0v) is 14.9. The lowest BCUT2D eigenvalue weighted by Gasteiger charge is -2.49. The van der Waals surface area contributed by atoms with E-state index in [1.807, 2.05) is 0 Å². The van der Waals surface area contributed by atoms with E-state index >= 15 is 0 Å². The molecule has 0 radical (unpaired) electrons. The molecule has 0 spiro atoms. The van der Waals surface area contributed by atoms with Gasteiger partial charge in [-0.2, -0.15) is 0 Å². The molecule has 3 fully saturated rings. The SMILES string of the molecule is CCOC(=O)C1C2CCC(CC2)N1C(=O)Nc1cc(Cl)cc(Cl)c1. The van der Waals surface area contributed by atoms with Crippen LogP contribution in [-0.2, 0) is 9.53 Å². The number of fused-ring (bicyclic) bond motifs is 3. The molecule has 2 bridgehead atoms. The maximum absolute atomic E-state index is 12.8. The summed E-state index contributed by atoms with van der Waals surface area (Å²) in [4.78, 5) is 26.9. The maximum atomic E-state index is 12.8. The molecule has 1 unspecified atom stereocenters. The van der Waals surface area contributed by atoms with Gasteiger partial charge in [0, 0.05) is 21.8 Å². The highest BCUT2D eigenvalue weighted by Crippen LogP contribution is 2.40. The third-order valence-corrected chi connectivity index (χ3v) is 5.19. The average Bonchev–Trinajstić information content (AvgIpc) is 2.54. The number of benzene rings is 1. The summed E-state index contributed by atoms with van der Waals surface area (Å²) in [5.41, 5.74) is 0.515. The van der Waals surface area contributed by atoms with Crippen LogP contribution < -0.4 is 5.32 Å². The predicted molar refractivity (Wildman–Crippen MR) is 93.5 cm³/mol. The molecule has 5 nitrogen and oxygen atoms in total. The fourth-order valence-electron chi connectivity index (χ4n) is 3.79. The van der Waals surface area contributed by atoms with Crippen molar-refractivity contribution in [2.24, 2.45) is 5.92 Å². The van der Waals surface area contributed by atoms with Gasteiger partial charge in [-0.3, -0.25) is 0 Å². The molecule has 1 aliphatic carbocycles. The number of esters is 1. The minimum Gasteiger partial charge on any atom is -0.464 e. The van der Waals surface area contributed by atoms with Crippen LogP contribution in [0.15, 0.2) is 18.2 Å². The lowest BCUT2D eigenvalue weighted by atomic mass is 9.74. The molecule has 7 heteroatoms. The average molecular weight is 371 g/mol. The first-order valence-electron chi connectivity index (χ1n) is 8.21. The van der Waals surface area contributed by atoms with E-state index in [0.717, 1.165) is 25.7 Å². The molecule has 130 valence electrons. The van der Waals surface area contributed by atoms with E-state index in [2.05, 4.69) is 5.32 Å². The van der Waals surface area contributed by atoms with Crippen molar-refractivity contribution >= 4 is 40.9 Å². The van der Waals surface area contributed by atoms with Gasteiger partial charge in [-0.1, -0.05) is 23.2 Å². The lowest BCUT2D eigenvalue weighted by molar-refractivity contribution is -0.155. The molecular formula is C17H20Cl2N2O3. The lowest BCUT2D eigenvalue weighted by Crippen LogP contribution is -2.61. The predicted octanol–water partition coefficient (Wildman–Crippen LogP) is 4.33.